The summed E-state index contributed by atoms with van der Waals surface area (Å²) in [4.78, 5) is 11.4. The molecule has 1 aromatic carbocycles. The third-order valence-electron chi connectivity index (χ3n) is 2.41. The Morgan fingerprint density at radius 1 is 1.53 bits per heavy atom. The molecular weight excluding hydrogens is 289 g/mol. The first kappa shape index (κ1) is 14.1. The van der Waals surface area contributed by atoms with Crippen molar-refractivity contribution >= 4 is 21.9 Å². The van der Waals surface area contributed by atoms with Gasteiger partial charge in [0.05, 0.1) is 11.6 Å². The van der Waals surface area contributed by atoms with E-state index in [0.717, 1.165) is 5.56 Å². The molecule has 0 atom stereocenters. The van der Waals surface area contributed by atoms with Crippen molar-refractivity contribution in [3.63, 3.8) is 0 Å². The number of esters is 1. The smallest absolute Gasteiger partial charge is 0.325 e. The van der Waals surface area contributed by atoms with Gasteiger partial charge in [0.2, 0.25) is 0 Å². The minimum absolute atomic E-state index is 0.305. The average molecular weight is 304 g/mol. The molecule has 0 radical (unpaired) electrons. The highest BCUT2D eigenvalue weighted by Gasteiger charge is 2.27. The highest BCUT2D eigenvalue weighted by atomic mass is 79.9. The van der Waals surface area contributed by atoms with E-state index in [1.54, 1.807) is 26.0 Å². The van der Waals surface area contributed by atoms with Crippen LogP contribution in [0.2, 0.25) is 0 Å². The summed E-state index contributed by atoms with van der Waals surface area (Å²) in [7, 11) is 1.35. The molecule has 5 heteroatoms. The van der Waals surface area contributed by atoms with Crippen LogP contribution in [0.15, 0.2) is 22.7 Å². The van der Waals surface area contributed by atoms with Crippen LogP contribution in [-0.2, 0) is 16.1 Å². The summed E-state index contributed by atoms with van der Waals surface area (Å²) in [6, 6.07) is 4.72. The summed E-state index contributed by atoms with van der Waals surface area (Å²) in [6.07, 6.45) is 0. The minimum atomic E-state index is -0.768. The topological polar surface area (TPSA) is 38.3 Å². The first-order valence-electron chi connectivity index (χ1n) is 5.14. The maximum absolute atomic E-state index is 13.0. The second-order valence-electron chi connectivity index (χ2n) is 4.22. The number of benzene rings is 1. The number of nitrogens with one attached hydrogen (secondary N) is 1. The Bertz CT molecular complexity index is 421. The molecular formula is C12H15BrFNO2. The van der Waals surface area contributed by atoms with Gasteiger partial charge in [-0.15, -0.1) is 0 Å². The molecule has 1 aromatic rings. The van der Waals surface area contributed by atoms with Gasteiger partial charge in [0, 0.05) is 6.54 Å². The molecule has 0 aromatic heterocycles. The third kappa shape index (κ3) is 3.78. The van der Waals surface area contributed by atoms with Crippen molar-refractivity contribution in [2.45, 2.75) is 25.9 Å². The maximum atomic E-state index is 13.0. The molecule has 0 heterocycles. The van der Waals surface area contributed by atoms with Gasteiger partial charge in [-0.2, -0.15) is 0 Å². The highest BCUT2D eigenvalue weighted by molar-refractivity contribution is 9.10. The lowest BCUT2D eigenvalue weighted by Crippen LogP contribution is -2.46. The molecule has 0 fully saturated rings. The normalized spacial score (nSPS) is 11.4. The fraction of sp³-hybridized carbons (Fsp3) is 0.417. The quantitative estimate of drug-likeness (QED) is 0.869. The lowest BCUT2D eigenvalue weighted by molar-refractivity contribution is -0.147. The zero-order chi connectivity index (χ0) is 13.1. The molecule has 0 amide bonds. The number of hydrogen-bond donors (Lipinski definition) is 1. The van der Waals surface area contributed by atoms with E-state index in [9.17, 15) is 9.18 Å². The number of hydrogen-bond acceptors (Lipinski definition) is 3. The number of carbonyl (C=O) groups is 1. The van der Waals surface area contributed by atoms with E-state index in [1.165, 1.54) is 13.2 Å². The number of ether oxygens (including phenoxy) is 1. The second-order valence-corrected chi connectivity index (χ2v) is 5.07. The molecule has 17 heavy (non-hydrogen) atoms. The van der Waals surface area contributed by atoms with Crippen molar-refractivity contribution in [3.05, 3.63) is 34.1 Å². The lowest BCUT2D eigenvalue weighted by Gasteiger charge is -2.23. The molecule has 3 nitrogen and oxygen atoms in total. The molecule has 0 aliphatic carbocycles. The van der Waals surface area contributed by atoms with E-state index < -0.39 is 5.54 Å². The predicted octanol–water partition coefficient (Wildman–Crippen LogP) is 2.63. The first-order chi connectivity index (χ1) is 7.86. The Balaban J connectivity index is 2.67. The van der Waals surface area contributed by atoms with Crippen molar-refractivity contribution in [1.82, 2.24) is 5.32 Å². The Hall–Kier alpha value is -0.940. The molecule has 0 bridgehead atoms. The molecule has 0 unspecified atom stereocenters. The Morgan fingerprint density at radius 3 is 2.71 bits per heavy atom. The summed E-state index contributed by atoms with van der Waals surface area (Å²) in [5.74, 6) is -0.639. The number of carbonyl (C=O) groups excluding carboxylic acids is 1. The summed E-state index contributed by atoms with van der Waals surface area (Å²) >= 11 is 3.11. The van der Waals surface area contributed by atoms with Crippen LogP contribution in [0.1, 0.15) is 19.4 Å². The van der Waals surface area contributed by atoms with Crippen LogP contribution in [0.5, 0.6) is 0 Å². The molecule has 0 spiro atoms. The largest absolute Gasteiger partial charge is 0.468 e. The zero-order valence-electron chi connectivity index (χ0n) is 10.0. The Kier molecular flexibility index (Phi) is 4.65. The van der Waals surface area contributed by atoms with E-state index in [0.29, 0.717) is 11.0 Å². The fourth-order valence-electron chi connectivity index (χ4n) is 1.30. The fourth-order valence-corrected chi connectivity index (χ4v) is 1.73. The molecule has 1 N–H and O–H groups in total. The van der Waals surface area contributed by atoms with Crippen LogP contribution < -0.4 is 5.32 Å². The van der Waals surface area contributed by atoms with Gasteiger partial charge < -0.3 is 4.74 Å². The third-order valence-corrected chi connectivity index (χ3v) is 3.02. The highest BCUT2D eigenvalue weighted by Crippen LogP contribution is 2.17. The molecule has 0 aliphatic rings. The van der Waals surface area contributed by atoms with Crippen LogP contribution in [0, 0.1) is 5.82 Å². The summed E-state index contributed by atoms with van der Waals surface area (Å²) in [5, 5.41) is 3.05. The van der Waals surface area contributed by atoms with Gasteiger partial charge in [-0.05, 0) is 47.5 Å². The van der Waals surface area contributed by atoms with Crippen molar-refractivity contribution in [3.8, 4) is 0 Å². The Labute approximate surface area is 108 Å². The van der Waals surface area contributed by atoms with Crippen molar-refractivity contribution < 1.29 is 13.9 Å². The van der Waals surface area contributed by atoms with E-state index >= 15 is 0 Å². The van der Waals surface area contributed by atoms with E-state index in [-0.39, 0.29) is 11.8 Å². The van der Waals surface area contributed by atoms with E-state index in [2.05, 4.69) is 26.0 Å². The average Bonchev–Trinajstić information content (AvgIpc) is 2.29. The van der Waals surface area contributed by atoms with Gasteiger partial charge in [0.1, 0.15) is 11.4 Å². The van der Waals surface area contributed by atoms with Crippen LogP contribution in [0.3, 0.4) is 0 Å². The Morgan fingerprint density at radius 2 is 2.18 bits per heavy atom. The first-order valence-corrected chi connectivity index (χ1v) is 5.93. The van der Waals surface area contributed by atoms with Gasteiger partial charge in [0.25, 0.3) is 0 Å². The van der Waals surface area contributed by atoms with Crippen molar-refractivity contribution in [2.24, 2.45) is 0 Å². The molecule has 94 valence electrons. The predicted molar refractivity (Wildman–Crippen MR) is 67.0 cm³/mol. The lowest BCUT2D eigenvalue weighted by atomic mass is 10.1. The van der Waals surface area contributed by atoms with Crippen molar-refractivity contribution in [1.29, 1.82) is 0 Å². The van der Waals surface area contributed by atoms with Crippen molar-refractivity contribution in [2.75, 3.05) is 7.11 Å². The van der Waals surface area contributed by atoms with Gasteiger partial charge in [0.15, 0.2) is 0 Å². The molecule has 1 rings (SSSR count). The van der Waals surface area contributed by atoms with E-state index in [4.69, 9.17) is 0 Å². The van der Waals surface area contributed by atoms with Gasteiger partial charge in [-0.1, -0.05) is 6.07 Å². The monoisotopic (exact) mass is 303 g/mol. The standard InChI is InChI=1S/C12H15BrFNO2/c1-12(2,11(16)17-3)15-7-8-4-5-10(14)9(13)6-8/h4-6,15H,7H2,1-3H3. The maximum Gasteiger partial charge on any atom is 0.325 e. The number of halogens is 2. The van der Waals surface area contributed by atoms with Gasteiger partial charge >= 0.3 is 5.97 Å². The number of methoxy groups -OCH3 is 1. The SMILES string of the molecule is COC(=O)C(C)(C)NCc1ccc(F)c(Br)c1. The van der Waals surface area contributed by atoms with Gasteiger partial charge in [-0.25, -0.2) is 4.39 Å². The van der Waals surface area contributed by atoms with Gasteiger partial charge in [-0.3, -0.25) is 10.1 Å². The second kappa shape index (κ2) is 5.60. The zero-order valence-corrected chi connectivity index (χ0v) is 11.6. The molecule has 0 saturated heterocycles. The number of rotatable bonds is 4. The molecule has 0 saturated carbocycles. The molecule has 0 aliphatic heterocycles. The van der Waals surface area contributed by atoms with Crippen LogP contribution in [0.25, 0.3) is 0 Å². The van der Waals surface area contributed by atoms with Crippen LogP contribution in [0.4, 0.5) is 4.39 Å². The summed E-state index contributed by atoms with van der Waals surface area (Å²) < 4.78 is 18.1. The summed E-state index contributed by atoms with van der Waals surface area (Å²) in [6.45, 7) is 3.93. The van der Waals surface area contributed by atoms with Crippen LogP contribution in [-0.4, -0.2) is 18.6 Å². The van der Waals surface area contributed by atoms with E-state index in [1.807, 2.05) is 0 Å². The van der Waals surface area contributed by atoms with Crippen LogP contribution >= 0.6 is 15.9 Å². The minimum Gasteiger partial charge on any atom is -0.468 e. The summed E-state index contributed by atoms with van der Waals surface area (Å²) in [5.41, 5.74) is 0.116.